The first-order chi connectivity index (χ1) is 8.69. The zero-order chi connectivity index (χ0) is 13.0. The first kappa shape index (κ1) is 12.5. The second kappa shape index (κ2) is 5.58. The molecule has 0 aliphatic rings. The smallest absolute Gasteiger partial charge is 0.225 e. The minimum absolute atomic E-state index is 0.716. The van der Waals surface area contributed by atoms with Gasteiger partial charge in [-0.3, -0.25) is 4.98 Å². The molecule has 2 aromatic rings. The van der Waals surface area contributed by atoms with Crippen molar-refractivity contribution in [2.24, 2.45) is 0 Å². The zero-order valence-corrected chi connectivity index (χ0v) is 11.1. The molecule has 2 rings (SSSR count). The minimum atomic E-state index is 0.716. The molecule has 94 valence electrons. The van der Waals surface area contributed by atoms with Gasteiger partial charge in [0.1, 0.15) is 0 Å². The molecular formula is C14H18N4. The highest BCUT2D eigenvalue weighted by molar-refractivity contribution is 5.30. The van der Waals surface area contributed by atoms with Crippen LogP contribution >= 0.6 is 0 Å². The average molecular weight is 242 g/mol. The number of aryl methyl sites for hydroxylation is 2. The van der Waals surface area contributed by atoms with Crippen LogP contribution in [0.4, 0.5) is 5.95 Å². The van der Waals surface area contributed by atoms with Gasteiger partial charge in [0.25, 0.3) is 0 Å². The lowest BCUT2D eigenvalue weighted by Gasteiger charge is -2.16. The van der Waals surface area contributed by atoms with E-state index in [0.29, 0.717) is 6.54 Å². The summed E-state index contributed by atoms with van der Waals surface area (Å²) >= 11 is 0. The van der Waals surface area contributed by atoms with E-state index in [1.54, 1.807) is 6.20 Å². The quantitative estimate of drug-likeness (QED) is 0.825. The van der Waals surface area contributed by atoms with Gasteiger partial charge < -0.3 is 4.90 Å². The van der Waals surface area contributed by atoms with Gasteiger partial charge in [-0.1, -0.05) is 13.0 Å². The van der Waals surface area contributed by atoms with Crippen LogP contribution in [0.15, 0.2) is 30.6 Å². The van der Waals surface area contributed by atoms with Crippen molar-refractivity contribution in [2.75, 3.05) is 11.9 Å². The largest absolute Gasteiger partial charge is 0.338 e. The van der Waals surface area contributed by atoms with Crippen molar-refractivity contribution < 1.29 is 0 Å². The van der Waals surface area contributed by atoms with E-state index in [2.05, 4.69) is 34.0 Å². The number of aromatic nitrogens is 3. The van der Waals surface area contributed by atoms with Gasteiger partial charge in [-0.15, -0.1) is 0 Å². The lowest BCUT2D eigenvalue weighted by Crippen LogP contribution is -2.20. The van der Waals surface area contributed by atoms with Gasteiger partial charge in [-0.05, 0) is 31.0 Å². The van der Waals surface area contributed by atoms with Crippen LogP contribution in [0, 0.1) is 6.92 Å². The van der Waals surface area contributed by atoms with Crippen LogP contribution in [0.25, 0.3) is 0 Å². The average Bonchev–Trinajstić information content (AvgIpc) is 2.39. The highest BCUT2D eigenvalue weighted by Crippen LogP contribution is 2.09. The maximum atomic E-state index is 4.44. The summed E-state index contributed by atoms with van der Waals surface area (Å²) in [5.74, 6) is 0.733. The molecular weight excluding hydrogens is 224 g/mol. The predicted molar refractivity (Wildman–Crippen MR) is 72.5 cm³/mol. The summed E-state index contributed by atoms with van der Waals surface area (Å²) in [5, 5.41) is 0. The van der Waals surface area contributed by atoms with E-state index in [9.17, 15) is 0 Å². The van der Waals surface area contributed by atoms with Crippen LogP contribution in [0.5, 0.6) is 0 Å². The SMILES string of the molecule is CCc1ccc(CN(C)c2nccc(C)n2)nc1. The Balaban J connectivity index is 2.08. The number of nitrogens with zero attached hydrogens (tertiary/aromatic N) is 4. The van der Waals surface area contributed by atoms with E-state index in [-0.39, 0.29) is 0 Å². The summed E-state index contributed by atoms with van der Waals surface area (Å²) in [6.45, 7) is 4.81. The Labute approximate surface area is 108 Å². The van der Waals surface area contributed by atoms with Gasteiger partial charge in [-0.2, -0.15) is 0 Å². The van der Waals surface area contributed by atoms with Crippen molar-refractivity contribution in [1.82, 2.24) is 15.0 Å². The molecule has 18 heavy (non-hydrogen) atoms. The summed E-state index contributed by atoms with van der Waals surface area (Å²) in [5.41, 5.74) is 3.26. The van der Waals surface area contributed by atoms with Crippen LogP contribution in [0.2, 0.25) is 0 Å². The first-order valence-electron chi connectivity index (χ1n) is 6.13. The second-order valence-corrected chi connectivity index (χ2v) is 4.37. The van der Waals surface area contributed by atoms with Crippen LogP contribution in [-0.2, 0) is 13.0 Å². The fraction of sp³-hybridized carbons (Fsp3) is 0.357. The van der Waals surface area contributed by atoms with Gasteiger partial charge in [0.15, 0.2) is 0 Å². The molecule has 4 nitrogen and oxygen atoms in total. The number of anilines is 1. The topological polar surface area (TPSA) is 41.9 Å². The summed E-state index contributed by atoms with van der Waals surface area (Å²) in [7, 11) is 1.98. The van der Waals surface area contributed by atoms with Crippen molar-refractivity contribution in [3.8, 4) is 0 Å². The highest BCUT2D eigenvalue weighted by Gasteiger charge is 2.05. The fourth-order valence-corrected chi connectivity index (χ4v) is 1.69. The highest BCUT2D eigenvalue weighted by atomic mass is 15.2. The number of hydrogen-bond acceptors (Lipinski definition) is 4. The molecule has 2 heterocycles. The van der Waals surface area contributed by atoms with Crippen LogP contribution in [0.3, 0.4) is 0 Å². The molecule has 0 aliphatic carbocycles. The molecule has 0 unspecified atom stereocenters. The Morgan fingerprint density at radius 1 is 1.17 bits per heavy atom. The third kappa shape index (κ3) is 3.03. The number of rotatable bonds is 4. The van der Waals surface area contributed by atoms with Gasteiger partial charge in [0.05, 0.1) is 12.2 Å². The van der Waals surface area contributed by atoms with Crippen molar-refractivity contribution in [3.05, 3.63) is 47.5 Å². The molecule has 2 aromatic heterocycles. The van der Waals surface area contributed by atoms with Gasteiger partial charge in [0.2, 0.25) is 5.95 Å². The molecule has 0 saturated carbocycles. The molecule has 4 heteroatoms. The third-order valence-corrected chi connectivity index (χ3v) is 2.82. The molecule has 0 spiro atoms. The monoisotopic (exact) mass is 242 g/mol. The summed E-state index contributed by atoms with van der Waals surface area (Å²) < 4.78 is 0. The van der Waals surface area contributed by atoms with E-state index >= 15 is 0 Å². The van der Waals surface area contributed by atoms with E-state index in [1.165, 1.54) is 5.56 Å². The van der Waals surface area contributed by atoms with Crippen LogP contribution < -0.4 is 4.90 Å². The second-order valence-electron chi connectivity index (χ2n) is 4.37. The molecule has 0 radical (unpaired) electrons. The van der Waals surface area contributed by atoms with Gasteiger partial charge in [-0.25, -0.2) is 9.97 Å². The van der Waals surface area contributed by atoms with E-state index < -0.39 is 0 Å². The normalized spacial score (nSPS) is 10.4. The first-order valence-corrected chi connectivity index (χ1v) is 6.13. The zero-order valence-electron chi connectivity index (χ0n) is 11.1. The molecule has 0 fully saturated rings. The molecule has 0 N–H and O–H groups in total. The molecule has 0 saturated heterocycles. The van der Waals surface area contributed by atoms with E-state index in [1.807, 2.05) is 31.1 Å². The Morgan fingerprint density at radius 2 is 2.00 bits per heavy atom. The fourth-order valence-electron chi connectivity index (χ4n) is 1.69. The molecule has 0 aliphatic heterocycles. The lowest BCUT2D eigenvalue weighted by atomic mass is 10.2. The van der Waals surface area contributed by atoms with E-state index in [4.69, 9.17) is 0 Å². The minimum Gasteiger partial charge on any atom is -0.338 e. The van der Waals surface area contributed by atoms with Crippen molar-refractivity contribution in [2.45, 2.75) is 26.8 Å². The van der Waals surface area contributed by atoms with Crippen LogP contribution in [-0.4, -0.2) is 22.0 Å². The van der Waals surface area contributed by atoms with E-state index in [0.717, 1.165) is 23.8 Å². The maximum absolute atomic E-state index is 4.44. The summed E-state index contributed by atoms with van der Waals surface area (Å²) in [6.07, 6.45) is 4.73. The Bertz CT molecular complexity index is 507. The lowest BCUT2D eigenvalue weighted by molar-refractivity contribution is 0.833. The number of pyridine rings is 1. The Kier molecular flexibility index (Phi) is 3.87. The maximum Gasteiger partial charge on any atom is 0.225 e. The molecule has 0 amide bonds. The standard InChI is InChI=1S/C14H18N4/c1-4-12-5-6-13(16-9-12)10-18(3)14-15-8-7-11(2)17-14/h5-9H,4,10H2,1-3H3. The van der Waals surface area contributed by atoms with Crippen molar-refractivity contribution in [1.29, 1.82) is 0 Å². The molecule has 0 atom stereocenters. The van der Waals surface area contributed by atoms with Crippen LogP contribution in [0.1, 0.15) is 23.9 Å². The van der Waals surface area contributed by atoms with Gasteiger partial charge in [0, 0.05) is 25.1 Å². The molecule has 0 aromatic carbocycles. The van der Waals surface area contributed by atoms with Gasteiger partial charge >= 0.3 is 0 Å². The van der Waals surface area contributed by atoms with Crippen molar-refractivity contribution >= 4 is 5.95 Å². The summed E-state index contributed by atoms with van der Waals surface area (Å²) in [4.78, 5) is 15.1. The molecule has 0 bridgehead atoms. The number of hydrogen-bond donors (Lipinski definition) is 0. The predicted octanol–water partition coefficient (Wildman–Crippen LogP) is 2.38. The Morgan fingerprint density at radius 3 is 2.61 bits per heavy atom. The third-order valence-electron chi connectivity index (χ3n) is 2.82. The summed E-state index contributed by atoms with van der Waals surface area (Å²) in [6, 6.07) is 6.07. The Hall–Kier alpha value is -1.97. The van der Waals surface area contributed by atoms with Crippen molar-refractivity contribution in [3.63, 3.8) is 0 Å².